The molecule has 0 saturated carbocycles. The Hall–Kier alpha value is 1.55. The Morgan fingerprint density at radius 2 is 1.75 bits per heavy atom. The third-order valence-corrected chi connectivity index (χ3v) is 0. The van der Waals surface area contributed by atoms with Crippen molar-refractivity contribution in [3.8, 4) is 0 Å². The predicted octanol–water partition coefficient (Wildman–Crippen LogP) is 1.06. The second-order valence-corrected chi connectivity index (χ2v) is 1.55. The van der Waals surface area contributed by atoms with Crippen molar-refractivity contribution in [3.05, 3.63) is 0 Å². The molecule has 0 unspecified atom stereocenters. The second-order valence-electron chi connectivity index (χ2n) is 0.0630. The monoisotopic (exact) mass is 283 g/mol. The van der Waals surface area contributed by atoms with E-state index in [1.807, 2.05) is 0 Å². The van der Waals surface area contributed by atoms with Gasteiger partial charge in [0.15, 0.2) is 0 Å². The largest absolute Gasteiger partial charge is 0 e. The molecule has 0 N–H and O–H groups in total. The maximum Gasteiger partial charge on any atom is 0 e. The molecule has 0 spiro atoms. The summed E-state index contributed by atoms with van der Waals surface area (Å²) in [5.74, 6) is 0. The van der Waals surface area contributed by atoms with Crippen LogP contribution in [0.1, 0.15) is 0 Å². The summed E-state index contributed by atoms with van der Waals surface area (Å²) in [6.07, 6.45) is 0. The van der Waals surface area contributed by atoms with E-state index in [9.17, 15) is 3.16 Å². The van der Waals surface area contributed by atoms with Crippen molar-refractivity contribution in [1.29, 1.82) is 0 Å². The van der Waals surface area contributed by atoms with Crippen molar-refractivity contribution >= 4 is 9.82 Å². The minimum Gasteiger partial charge on any atom is 0 e. The molecule has 0 saturated heterocycles. The Morgan fingerprint density at radius 1 is 1.75 bits per heavy atom. The summed E-state index contributed by atoms with van der Waals surface area (Å²) in [6.45, 7) is 0. The van der Waals surface area contributed by atoms with Crippen molar-refractivity contribution < 1.29 is 42.1 Å². The average molecular weight is 283 g/mol. The minimum atomic E-state index is -1.67. The number of rotatable bonds is 0. The van der Waals surface area contributed by atoms with Gasteiger partial charge in [0.2, 0.25) is 0 Å². The van der Waals surface area contributed by atoms with Crippen LogP contribution in [-0.4, -0.2) is 0 Å². The first kappa shape index (κ1) is 9.12. The van der Waals surface area contributed by atoms with E-state index >= 15 is 0 Å². The quantitative estimate of drug-likeness (QED) is 0.599. The first-order chi connectivity index (χ1) is 1.41. The van der Waals surface area contributed by atoms with Gasteiger partial charge in [-0.25, -0.2) is 0 Å². The first-order valence-corrected chi connectivity index (χ1v) is 5.36. The standard InChI is InChI=1S/FH.S.Ti.W/h1H;;;/q;;;+1/p-1. The summed E-state index contributed by atoms with van der Waals surface area (Å²) in [6, 6.07) is 0. The maximum absolute atomic E-state index is 10.3. The van der Waals surface area contributed by atoms with Crippen LogP contribution in [0.15, 0.2) is 0 Å². The van der Waals surface area contributed by atoms with Crippen LogP contribution < -0.4 is 0 Å². The molecule has 4 heavy (non-hydrogen) atoms. The van der Waals surface area contributed by atoms with Crippen LogP contribution in [0.3, 0.4) is 0 Å². The van der Waals surface area contributed by atoms with Crippen LogP contribution in [0.5, 0.6) is 0 Å². The van der Waals surface area contributed by atoms with Crippen molar-refractivity contribution in [2.45, 2.75) is 0 Å². The molecule has 0 aliphatic carbocycles. The smallest absolute Gasteiger partial charge is 0 e. The molecule has 0 heterocycles. The fourth-order valence-corrected chi connectivity index (χ4v) is 0. The predicted molar refractivity (Wildman–Crippen MR) is 8.70 cm³/mol. The van der Waals surface area contributed by atoms with Crippen molar-refractivity contribution in [2.24, 2.45) is 0 Å². The maximum atomic E-state index is 10.3. The molecule has 4 heteroatoms. The van der Waals surface area contributed by atoms with E-state index in [0.717, 1.165) is 0 Å². The summed E-state index contributed by atoms with van der Waals surface area (Å²) in [5.41, 5.74) is 0. The van der Waals surface area contributed by atoms with Crippen molar-refractivity contribution in [3.63, 3.8) is 0 Å². The Balaban J connectivity index is 0. The van der Waals surface area contributed by atoms with Gasteiger partial charge >= 0.3 is 30.2 Å². The Morgan fingerprint density at radius 3 is 1.75 bits per heavy atom. The molecule has 0 fully saturated rings. The van der Waals surface area contributed by atoms with E-state index in [4.69, 9.17) is 0 Å². The van der Waals surface area contributed by atoms with Crippen LogP contribution in [0.25, 0.3) is 0 Å². The van der Waals surface area contributed by atoms with Gasteiger partial charge in [-0.15, -0.1) is 0 Å². The Labute approximate surface area is 51.7 Å². The number of hydrogen-bond acceptors (Lipinski definition) is 1. The molecule has 0 aromatic heterocycles. The van der Waals surface area contributed by atoms with Gasteiger partial charge in [-0.1, -0.05) is 0 Å². The van der Waals surface area contributed by atoms with Gasteiger partial charge in [0, 0.05) is 21.7 Å². The minimum absolute atomic E-state index is 0. The molecule has 0 aliphatic rings. The third-order valence-electron chi connectivity index (χ3n) is 0. The summed E-state index contributed by atoms with van der Waals surface area (Å²) < 4.78 is 10.3. The summed E-state index contributed by atoms with van der Waals surface area (Å²) in [4.78, 5) is 0. The van der Waals surface area contributed by atoms with Gasteiger partial charge in [0.25, 0.3) is 0 Å². The van der Waals surface area contributed by atoms with Crippen LogP contribution in [-0.2, 0) is 39.0 Å². The molecule has 0 aromatic rings. The fraction of sp³-hybridized carbons (Fsp3) is 0. The number of hydrogen-bond donors (Lipinski definition) is 0. The summed E-state index contributed by atoms with van der Waals surface area (Å²) in [7, 11) is 3.89. The normalized spacial score (nSPS) is 3.25. The van der Waals surface area contributed by atoms with E-state index in [1.165, 1.54) is 0 Å². The van der Waals surface area contributed by atoms with Crippen molar-refractivity contribution in [1.82, 2.24) is 0 Å². The molecular formula is FSTiW. The van der Waals surface area contributed by atoms with Crippen LogP contribution in [0.2, 0.25) is 0 Å². The molecule has 0 nitrogen and oxygen atoms in total. The fourth-order valence-electron chi connectivity index (χ4n) is 0. The molecule has 0 radical (unpaired) electrons. The van der Waals surface area contributed by atoms with Gasteiger partial charge < -0.3 is 0 Å². The first-order valence-electron chi connectivity index (χ1n) is 0.321. The molecule has 0 rings (SSSR count). The van der Waals surface area contributed by atoms with Gasteiger partial charge in [-0.05, 0) is 0 Å². The topological polar surface area (TPSA) is 0 Å². The van der Waals surface area contributed by atoms with E-state index in [1.54, 1.807) is 0 Å². The molecule has 0 aromatic carbocycles. The van der Waals surface area contributed by atoms with E-state index < -0.39 is 17.3 Å². The third kappa shape index (κ3) is 9.60. The van der Waals surface area contributed by atoms with Crippen LogP contribution in [0, 0.1) is 0 Å². The Bertz CT molecular complexity index is 15.5. The SMILES string of the molecule is [F][W]=[S].[Ti]. The molecule has 0 bridgehead atoms. The zero-order valence-electron chi connectivity index (χ0n) is 1.69. The Kier molecular flexibility index (Phi) is 20.1. The molecule has 0 atom stereocenters. The van der Waals surface area contributed by atoms with Crippen LogP contribution >= 0.6 is 9.82 Å². The zero-order valence-corrected chi connectivity index (χ0v) is 7.01. The van der Waals surface area contributed by atoms with Gasteiger partial charge in [0.1, 0.15) is 0 Å². The van der Waals surface area contributed by atoms with E-state index in [-0.39, 0.29) is 21.7 Å². The van der Waals surface area contributed by atoms with Gasteiger partial charge in [-0.3, -0.25) is 0 Å². The number of halogens is 1. The van der Waals surface area contributed by atoms with Crippen molar-refractivity contribution in [2.75, 3.05) is 0 Å². The molecule has 23 valence electrons. The van der Waals surface area contributed by atoms with Gasteiger partial charge in [0.05, 0.1) is 0 Å². The van der Waals surface area contributed by atoms with Crippen LogP contribution in [0.4, 0.5) is 3.16 Å². The molecule has 0 amide bonds. The zero-order chi connectivity index (χ0) is 2.71. The van der Waals surface area contributed by atoms with E-state index in [2.05, 4.69) is 9.82 Å². The van der Waals surface area contributed by atoms with E-state index in [0.29, 0.717) is 0 Å². The average Bonchev–Trinajstić information content (AvgIpc) is 0.918. The van der Waals surface area contributed by atoms with Gasteiger partial charge in [-0.2, -0.15) is 0 Å². The second kappa shape index (κ2) is 8.82. The molecular weight excluding hydrogens is 283 g/mol. The summed E-state index contributed by atoms with van der Waals surface area (Å²) >= 11 is -1.67. The summed E-state index contributed by atoms with van der Waals surface area (Å²) in [5, 5.41) is 0. The molecule has 0 aliphatic heterocycles.